The molecule has 15 heavy (non-hydrogen) atoms. The molecule has 0 aliphatic carbocycles. The smallest absolute Gasteiger partial charge is 0.301 e. The third-order valence-electron chi connectivity index (χ3n) is 3.50. The highest BCUT2D eigenvalue weighted by molar-refractivity contribution is 7.98. The summed E-state index contributed by atoms with van der Waals surface area (Å²) in [5.41, 5.74) is -0.642. The van der Waals surface area contributed by atoms with Gasteiger partial charge in [0.2, 0.25) is 0 Å². The van der Waals surface area contributed by atoms with Crippen LogP contribution in [0.25, 0.3) is 9.69 Å². The van der Waals surface area contributed by atoms with Gasteiger partial charge in [0.1, 0.15) is 0 Å². The van der Waals surface area contributed by atoms with Crippen LogP contribution in [-0.2, 0) is 0 Å². The van der Waals surface area contributed by atoms with E-state index >= 15 is 0 Å². The van der Waals surface area contributed by atoms with Gasteiger partial charge in [0.15, 0.2) is 0 Å². The van der Waals surface area contributed by atoms with Crippen LogP contribution < -0.4 is 5.32 Å². The Bertz CT molecular complexity index is 304. The third kappa shape index (κ3) is 1.85. The van der Waals surface area contributed by atoms with Gasteiger partial charge < -0.3 is 5.32 Å². The summed E-state index contributed by atoms with van der Waals surface area (Å²) in [5.74, 6) is 1.03. The number of rotatable bonds is 4. The molecule has 0 aromatic carbocycles. The van der Waals surface area contributed by atoms with E-state index in [9.17, 15) is 0 Å². The molecule has 1 rings (SSSR count). The molecule has 4 heteroatoms. The molecule has 1 aliphatic rings. The first-order chi connectivity index (χ1) is 7.20. The highest BCUT2D eigenvalue weighted by atomic mass is 32.2. The van der Waals surface area contributed by atoms with Gasteiger partial charge >= 0.3 is 11.1 Å². The van der Waals surface area contributed by atoms with Crippen LogP contribution in [-0.4, -0.2) is 36.2 Å². The Balaban J connectivity index is 2.97. The van der Waals surface area contributed by atoms with Crippen LogP contribution in [0.2, 0.25) is 0 Å². The summed E-state index contributed by atoms with van der Waals surface area (Å²) in [6, 6.07) is 0. The Kier molecular flexibility index (Phi) is 4.02. The molecule has 1 N–H and O–H groups in total. The number of thioether (sulfide) groups is 1. The quantitative estimate of drug-likeness (QED) is 0.791. The fourth-order valence-electron chi connectivity index (χ4n) is 2.34. The summed E-state index contributed by atoms with van der Waals surface area (Å²) in [5, 5.41) is 3.31. The van der Waals surface area contributed by atoms with Gasteiger partial charge in [0, 0.05) is 18.6 Å². The van der Waals surface area contributed by atoms with E-state index < -0.39 is 0 Å². The van der Waals surface area contributed by atoms with Crippen molar-refractivity contribution >= 4 is 11.8 Å². The second-order valence-electron chi connectivity index (χ2n) is 4.02. The Morgan fingerprint density at radius 2 is 1.87 bits per heavy atom. The largest absolute Gasteiger partial charge is 0.374 e. The van der Waals surface area contributed by atoms with Crippen molar-refractivity contribution < 1.29 is 0 Å². The molecular weight excluding hydrogens is 206 g/mol. The maximum Gasteiger partial charge on any atom is 0.374 e. The Hall–Kier alpha value is -0.710. The molecular formula is C11H19N3S+2. The van der Waals surface area contributed by atoms with E-state index in [0.29, 0.717) is 0 Å². The van der Waals surface area contributed by atoms with Crippen molar-refractivity contribution in [1.82, 2.24) is 5.32 Å². The molecule has 1 aliphatic heterocycles. The van der Waals surface area contributed by atoms with E-state index in [2.05, 4.69) is 28.2 Å². The number of hydrogen-bond donors (Lipinski definition) is 1. The average molecular weight is 225 g/mol. The molecule has 2 atom stereocenters. The van der Waals surface area contributed by atoms with Crippen molar-refractivity contribution in [3.63, 3.8) is 0 Å². The Morgan fingerprint density at radius 1 is 1.27 bits per heavy atom. The van der Waals surface area contributed by atoms with Gasteiger partial charge in [-0.2, -0.15) is 11.8 Å². The Labute approximate surface area is 96.3 Å². The first kappa shape index (κ1) is 12.4. The minimum atomic E-state index is -0.322. The lowest BCUT2D eigenvalue weighted by Crippen LogP contribution is -2.48. The molecule has 1 fully saturated rings. The maximum absolute atomic E-state index is 5.60. The molecule has 0 saturated carbocycles. The normalized spacial score (nSPS) is 34.7. The predicted octanol–water partition coefficient (Wildman–Crippen LogP) is 2.16. The van der Waals surface area contributed by atoms with Crippen LogP contribution >= 0.6 is 11.8 Å². The second-order valence-corrected chi connectivity index (χ2v) is 5.01. The van der Waals surface area contributed by atoms with Crippen LogP contribution in [0.15, 0.2) is 0 Å². The van der Waals surface area contributed by atoms with Crippen molar-refractivity contribution in [1.29, 1.82) is 0 Å². The zero-order chi connectivity index (χ0) is 11.4. The van der Waals surface area contributed by atoms with E-state index in [1.54, 1.807) is 11.8 Å². The minimum Gasteiger partial charge on any atom is -0.301 e. The summed E-state index contributed by atoms with van der Waals surface area (Å²) >= 11 is 1.80. The summed E-state index contributed by atoms with van der Waals surface area (Å²) in [6.07, 6.45) is 3.87. The lowest BCUT2D eigenvalue weighted by molar-refractivity contribution is 0.371. The first-order valence-corrected chi connectivity index (χ1v) is 6.63. The van der Waals surface area contributed by atoms with Crippen molar-refractivity contribution in [2.75, 3.05) is 25.1 Å². The van der Waals surface area contributed by atoms with Crippen molar-refractivity contribution in [2.45, 2.75) is 30.8 Å². The van der Waals surface area contributed by atoms with E-state index in [1.165, 1.54) is 0 Å². The molecule has 1 heterocycles. The minimum absolute atomic E-state index is 0.320. The predicted molar refractivity (Wildman–Crippen MR) is 68.2 cm³/mol. The van der Waals surface area contributed by atoms with Gasteiger partial charge in [-0.3, -0.25) is 0 Å². The molecule has 0 spiro atoms. The number of nitrogens with one attached hydrogen (secondary N) is 1. The van der Waals surface area contributed by atoms with Crippen molar-refractivity contribution in [3.8, 4) is 13.1 Å². The number of nitrogens with zero attached hydrogens (tertiary/aromatic N) is 2. The van der Waals surface area contributed by atoms with E-state index in [0.717, 1.165) is 31.7 Å². The monoisotopic (exact) mass is 225 g/mol. The van der Waals surface area contributed by atoms with E-state index in [1.807, 2.05) is 0 Å². The first-order valence-electron chi connectivity index (χ1n) is 5.24. The molecule has 0 aromatic rings. The average Bonchev–Trinajstić information content (AvgIpc) is 2.66. The Morgan fingerprint density at radius 3 is 2.33 bits per heavy atom. The molecule has 3 nitrogen and oxygen atoms in total. The summed E-state index contributed by atoms with van der Waals surface area (Å²) in [4.78, 5) is 8.17. The summed E-state index contributed by atoms with van der Waals surface area (Å²) in [7, 11) is 0. The molecule has 1 saturated heterocycles. The maximum atomic E-state index is 5.60. The molecule has 0 aromatic heterocycles. The third-order valence-corrected chi connectivity index (χ3v) is 4.11. The zero-order valence-electron chi connectivity index (χ0n) is 9.49. The zero-order valence-corrected chi connectivity index (χ0v) is 10.3. The molecule has 0 radical (unpaired) electrons. The van der Waals surface area contributed by atoms with Gasteiger partial charge in [-0.1, -0.05) is 16.6 Å². The molecule has 2 unspecified atom stereocenters. The van der Waals surface area contributed by atoms with Crippen LogP contribution in [0.1, 0.15) is 19.8 Å². The SMILES string of the molecule is C#[N+]C1(CC)CNCC1(CCSC)[N+]#C. The lowest BCUT2D eigenvalue weighted by atomic mass is 9.77. The molecule has 0 bridgehead atoms. The van der Waals surface area contributed by atoms with Crippen molar-refractivity contribution in [2.24, 2.45) is 0 Å². The number of hydrogen-bond acceptors (Lipinski definition) is 2. The second kappa shape index (κ2) is 4.88. The molecule has 82 valence electrons. The lowest BCUT2D eigenvalue weighted by Gasteiger charge is -2.18. The van der Waals surface area contributed by atoms with E-state index in [-0.39, 0.29) is 11.1 Å². The van der Waals surface area contributed by atoms with Gasteiger partial charge in [0.25, 0.3) is 13.1 Å². The van der Waals surface area contributed by atoms with Crippen LogP contribution in [0.5, 0.6) is 0 Å². The highest BCUT2D eigenvalue weighted by Crippen LogP contribution is 2.40. The standard InChI is InChI=1S/C11H19N3S/c1-5-10(12-2)8-14-9-11(10,13-3)6-7-15-4/h2-3,14H,5-9H2,1,4H3/q+2. The van der Waals surface area contributed by atoms with Gasteiger partial charge in [0.05, 0.1) is 13.1 Å². The van der Waals surface area contributed by atoms with Gasteiger partial charge in [-0.05, 0) is 6.26 Å². The van der Waals surface area contributed by atoms with Gasteiger partial charge in [-0.15, -0.1) is 0 Å². The summed E-state index contributed by atoms with van der Waals surface area (Å²) < 4.78 is 0. The fraction of sp³-hybridized carbons (Fsp3) is 0.818. The van der Waals surface area contributed by atoms with Crippen LogP contribution in [0.3, 0.4) is 0 Å². The van der Waals surface area contributed by atoms with Crippen LogP contribution in [0, 0.1) is 13.1 Å². The summed E-state index contributed by atoms with van der Waals surface area (Å²) in [6.45, 7) is 14.8. The van der Waals surface area contributed by atoms with Crippen molar-refractivity contribution in [3.05, 3.63) is 9.69 Å². The molecule has 0 amide bonds. The topological polar surface area (TPSA) is 20.8 Å². The van der Waals surface area contributed by atoms with Crippen LogP contribution in [0.4, 0.5) is 0 Å². The highest BCUT2D eigenvalue weighted by Gasteiger charge is 2.71. The fourth-order valence-corrected chi connectivity index (χ4v) is 2.88. The van der Waals surface area contributed by atoms with Gasteiger partial charge in [-0.25, -0.2) is 0 Å². The van der Waals surface area contributed by atoms with E-state index in [4.69, 9.17) is 13.1 Å².